The summed E-state index contributed by atoms with van der Waals surface area (Å²) < 4.78 is 7.96. The molecular formula is C17H18N2O. The number of rotatable bonds is 3. The largest absolute Gasteiger partial charge is 0.487 e. The monoisotopic (exact) mass is 266 g/mol. The molecule has 0 aliphatic rings. The van der Waals surface area contributed by atoms with E-state index >= 15 is 0 Å². The summed E-state index contributed by atoms with van der Waals surface area (Å²) >= 11 is 0. The Bertz CT molecular complexity index is 742. The zero-order valence-corrected chi connectivity index (χ0v) is 11.8. The van der Waals surface area contributed by atoms with Crippen LogP contribution in [0.5, 0.6) is 5.75 Å². The van der Waals surface area contributed by atoms with Crippen LogP contribution >= 0.6 is 0 Å². The summed E-state index contributed by atoms with van der Waals surface area (Å²) in [5.74, 6) is 0.889. The topological polar surface area (TPSA) is 40.2 Å². The number of anilines is 1. The van der Waals surface area contributed by atoms with Crippen molar-refractivity contribution < 1.29 is 4.74 Å². The van der Waals surface area contributed by atoms with Gasteiger partial charge in [0.05, 0.1) is 11.2 Å². The first-order valence-corrected chi connectivity index (χ1v) is 6.67. The van der Waals surface area contributed by atoms with E-state index in [9.17, 15) is 0 Å². The molecule has 0 unspecified atom stereocenters. The molecule has 2 aromatic carbocycles. The van der Waals surface area contributed by atoms with Crippen molar-refractivity contribution in [2.75, 3.05) is 5.73 Å². The maximum atomic E-state index is 5.84. The highest BCUT2D eigenvalue weighted by Gasteiger charge is 2.06. The number of nitrogens with two attached hydrogens (primary N) is 1. The second kappa shape index (κ2) is 4.93. The molecule has 0 saturated heterocycles. The maximum Gasteiger partial charge on any atom is 0.128 e. The second-order valence-electron chi connectivity index (χ2n) is 5.11. The Kier molecular flexibility index (Phi) is 3.11. The number of aryl methyl sites for hydroxylation is 2. The van der Waals surface area contributed by atoms with Gasteiger partial charge in [-0.05, 0) is 37.3 Å². The van der Waals surface area contributed by atoms with E-state index in [-0.39, 0.29) is 0 Å². The van der Waals surface area contributed by atoms with Crippen LogP contribution in [0, 0.1) is 6.92 Å². The van der Waals surface area contributed by atoms with E-state index in [0.717, 1.165) is 22.6 Å². The molecule has 0 fully saturated rings. The van der Waals surface area contributed by atoms with Gasteiger partial charge >= 0.3 is 0 Å². The number of benzene rings is 2. The number of ether oxygens (including phenoxy) is 1. The highest BCUT2D eigenvalue weighted by atomic mass is 16.5. The van der Waals surface area contributed by atoms with Crippen molar-refractivity contribution in [3.63, 3.8) is 0 Å². The molecule has 1 heterocycles. The quantitative estimate of drug-likeness (QED) is 0.735. The Morgan fingerprint density at radius 1 is 1.05 bits per heavy atom. The van der Waals surface area contributed by atoms with Gasteiger partial charge in [0.25, 0.3) is 0 Å². The molecule has 2 N–H and O–H groups in total. The van der Waals surface area contributed by atoms with Crippen molar-refractivity contribution >= 4 is 16.6 Å². The summed E-state index contributed by atoms with van der Waals surface area (Å²) in [6.45, 7) is 2.62. The lowest BCUT2D eigenvalue weighted by atomic mass is 10.2. The predicted molar refractivity (Wildman–Crippen MR) is 82.8 cm³/mol. The summed E-state index contributed by atoms with van der Waals surface area (Å²) in [5.41, 5.74) is 10.1. The summed E-state index contributed by atoms with van der Waals surface area (Å²) in [6.07, 6.45) is 0. The summed E-state index contributed by atoms with van der Waals surface area (Å²) in [4.78, 5) is 0. The van der Waals surface area contributed by atoms with E-state index in [1.165, 1.54) is 10.9 Å². The predicted octanol–water partition coefficient (Wildman–Crippen LogP) is 3.65. The molecule has 102 valence electrons. The van der Waals surface area contributed by atoms with Gasteiger partial charge in [0.1, 0.15) is 12.4 Å². The van der Waals surface area contributed by atoms with E-state index < -0.39 is 0 Å². The van der Waals surface area contributed by atoms with Gasteiger partial charge in [-0.3, -0.25) is 0 Å². The molecule has 0 spiro atoms. The lowest BCUT2D eigenvalue weighted by Gasteiger charge is -2.08. The third kappa shape index (κ3) is 2.35. The molecule has 0 radical (unpaired) electrons. The average Bonchev–Trinajstić information content (AvgIpc) is 2.75. The Morgan fingerprint density at radius 3 is 2.55 bits per heavy atom. The molecule has 0 aliphatic carbocycles. The van der Waals surface area contributed by atoms with Gasteiger partial charge in [-0.15, -0.1) is 0 Å². The van der Waals surface area contributed by atoms with E-state index in [4.69, 9.17) is 10.5 Å². The Labute approximate surface area is 118 Å². The van der Waals surface area contributed by atoms with E-state index in [2.05, 4.69) is 29.7 Å². The van der Waals surface area contributed by atoms with Gasteiger partial charge in [-0.1, -0.05) is 23.8 Å². The minimum absolute atomic E-state index is 0.550. The Morgan fingerprint density at radius 2 is 1.80 bits per heavy atom. The highest BCUT2D eigenvalue weighted by molar-refractivity contribution is 5.84. The maximum absolute atomic E-state index is 5.84. The summed E-state index contributed by atoms with van der Waals surface area (Å²) in [6, 6.07) is 16.2. The zero-order chi connectivity index (χ0) is 14.1. The number of nitrogens with zero attached hydrogens (tertiary/aromatic N) is 1. The van der Waals surface area contributed by atoms with Gasteiger partial charge in [0, 0.05) is 18.1 Å². The number of aromatic nitrogens is 1. The van der Waals surface area contributed by atoms with Crippen LogP contribution in [0.1, 0.15) is 11.3 Å². The SMILES string of the molecule is Cc1ccc(OCc2cc3ccc(N)cc3n2C)cc1. The molecule has 3 nitrogen and oxygen atoms in total. The molecule has 0 atom stereocenters. The molecule has 3 aromatic rings. The van der Waals surface area contributed by atoms with E-state index in [0.29, 0.717) is 6.61 Å². The minimum atomic E-state index is 0.550. The molecular weight excluding hydrogens is 248 g/mol. The van der Waals surface area contributed by atoms with Gasteiger partial charge in [-0.2, -0.15) is 0 Å². The van der Waals surface area contributed by atoms with E-state index in [1.54, 1.807) is 0 Å². The number of fused-ring (bicyclic) bond motifs is 1. The van der Waals surface area contributed by atoms with E-state index in [1.807, 2.05) is 37.4 Å². The van der Waals surface area contributed by atoms with Crippen LogP contribution < -0.4 is 10.5 Å². The molecule has 0 bridgehead atoms. The van der Waals surface area contributed by atoms with Crippen LogP contribution in [0.15, 0.2) is 48.5 Å². The fourth-order valence-corrected chi connectivity index (χ4v) is 2.33. The smallest absolute Gasteiger partial charge is 0.128 e. The van der Waals surface area contributed by atoms with Gasteiger partial charge < -0.3 is 15.0 Å². The average molecular weight is 266 g/mol. The minimum Gasteiger partial charge on any atom is -0.487 e. The number of nitrogen functional groups attached to an aromatic ring is 1. The van der Waals surface area contributed by atoms with Crippen LogP contribution in [0.4, 0.5) is 5.69 Å². The lowest BCUT2D eigenvalue weighted by molar-refractivity contribution is 0.297. The summed E-state index contributed by atoms with van der Waals surface area (Å²) in [7, 11) is 2.04. The van der Waals surface area contributed by atoms with Crippen molar-refractivity contribution in [3.05, 3.63) is 59.8 Å². The van der Waals surface area contributed by atoms with Crippen LogP contribution in [0.3, 0.4) is 0 Å². The van der Waals surface area contributed by atoms with Crippen molar-refractivity contribution in [1.82, 2.24) is 4.57 Å². The molecule has 3 rings (SSSR count). The number of hydrogen-bond acceptors (Lipinski definition) is 2. The number of hydrogen-bond donors (Lipinski definition) is 1. The van der Waals surface area contributed by atoms with Crippen LogP contribution in [-0.2, 0) is 13.7 Å². The van der Waals surface area contributed by atoms with Crippen LogP contribution in [0.25, 0.3) is 10.9 Å². The van der Waals surface area contributed by atoms with Gasteiger partial charge in [0.2, 0.25) is 0 Å². The normalized spacial score (nSPS) is 10.9. The lowest BCUT2D eigenvalue weighted by Crippen LogP contribution is -2.01. The van der Waals surface area contributed by atoms with Crippen LogP contribution in [-0.4, -0.2) is 4.57 Å². The first-order chi connectivity index (χ1) is 9.63. The van der Waals surface area contributed by atoms with Crippen molar-refractivity contribution in [1.29, 1.82) is 0 Å². The van der Waals surface area contributed by atoms with Gasteiger partial charge in [-0.25, -0.2) is 0 Å². The fraction of sp³-hybridized carbons (Fsp3) is 0.176. The third-order valence-electron chi connectivity index (χ3n) is 3.58. The molecule has 1 aromatic heterocycles. The van der Waals surface area contributed by atoms with Crippen LogP contribution in [0.2, 0.25) is 0 Å². The van der Waals surface area contributed by atoms with Gasteiger partial charge in [0.15, 0.2) is 0 Å². The molecule has 0 amide bonds. The second-order valence-corrected chi connectivity index (χ2v) is 5.11. The zero-order valence-electron chi connectivity index (χ0n) is 11.8. The first-order valence-electron chi connectivity index (χ1n) is 6.67. The Balaban J connectivity index is 1.84. The first kappa shape index (κ1) is 12.6. The third-order valence-corrected chi connectivity index (χ3v) is 3.58. The fourth-order valence-electron chi connectivity index (χ4n) is 2.33. The highest BCUT2D eigenvalue weighted by Crippen LogP contribution is 2.22. The molecule has 0 aliphatic heterocycles. The summed E-state index contributed by atoms with van der Waals surface area (Å²) in [5, 5.41) is 1.18. The van der Waals surface area contributed by atoms with Crippen molar-refractivity contribution in [2.24, 2.45) is 7.05 Å². The van der Waals surface area contributed by atoms with Crippen molar-refractivity contribution in [2.45, 2.75) is 13.5 Å². The van der Waals surface area contributed by atoms with Crippen molar-refractivity contribution in [3.8, 4) is 5.75 Å². The molecule has 0 saturated carbocycles. The standard InChI is InChI=1S/C17H18N2O/c1-12-3-7-16(8-4-12)20-11-15-9-13-5-6-14(18)10-17(13)19(15)2/h3-10H,11,18H2,1-2H3. The molecule has 3 heteroatoms. The Hall–Kier alpha value is -2.42. The molecule has 20 heavy (non-hydrogen) atoms.